The first-order valence-electron chi connectivity index (χ1n) is 21.9. The Labute approximate surface area is 369 Å². The molecule has 11 rings (SSSR count). The largest absolute Gasteiger partial charge is 0.383 e. The van der Waals surface area contributed by atoms with Crippen LogP contribution in [0.3, 0.4) is 0 Å². The molecule has 2 N–H and O–H groups in total. The van der Waals surface area contributed by atoms with Crippen LogP contribution in [0.1, 0.15) is 41.7 Å². The van der Waals surface area contributed by atoms with Crippen molar-refractivity contribution in [2.75, 3.05) is 0 Å². The van der Waals surface area contributed by atoms with Crippen LogP contribution < -0.4 is 5.73 Å². The number of nitrogens with two attached hydrogens (primary N) is 1. The molecule has 0 aliphatic heterocycles. The normalized spacial score (nSPS) is 13.4. The highest BCUT2D eigenvalue weighted by atomic mass is 14.9. The predicted octanol–water partition coefficient (Wildman–Crippen LogP) is 15.4. The van der Waals surface area contributed by atoms with E-state index in [1.807, 2.05) is 30.3 Å². The lowest BCUT2D eigenvalue weighted by atomic mass is 9.80. The lowest BCUT2D eigenvalue weighted by Gasteiger charge is -2.23. The molecule has 300 valence electrons. The summed E-state index contributed by atoms with van der Waals surface area (Å²) in [5.74, 6) is 0.486. The molecule has 0 fully saturated rings. The van der Waals surface area contributed by atoms with Crippen molar-refractivity contribution in [3.8, 4) is 44.5 Å². The van der Waals surface area contributed by atoms with Crippen molar-refractivity contribution in [2.45, 2.75) is 25.7 Å². The van der Waals surface area contributed by atoms with Gasteiger partial charge < -0.3 is 5.73 Å². The summed E-state index contributed by atoms with van der Waals surface area (Å²) in [6.45, 7) is 4.77. The zero-order valence-electron chi connectivity index (χ0n) is 35.5. The van der Waals surface area contributed by atoms with E-state index in [1.54, 1.807) is 0 Å². The number of amidine groups is 1. The molecule has 63 heavy (non-hydrogen) atoms. The first-order valence-corrected chi connectivity index (χ1v) is 21.9. The smallest absolute Gasteiger partial charge is 0.131 e. The quantitative estimate of drug-likeness (QED) is 0.121. The predicted molar refractivity (Wildman–Crippen MR) is 268 cm³/mol. The summed E-state index contributed by atoms with van der Waals surface area (Å²) in [7, 11) is 0. The molecule has 0 unspecified atom stereocenters. The van der Waals surface area contributed by atoms with Gasteiger partial charge in [-0.1, -0.05) is 232 Å². The molecule has 1 aliphatic carbocycles. The Kier molecular flexibility index (Phi) is 9.43. The minimum atomic E-state index is -0.133. The maximum Gasteiger partial charge on any atom is 0.131 e. The Morgan fingerprint density at radius 3 is 1.73 bits per heavy atom. The zero-order valence-corrected chi connectivity index (χ0v) is 35.5. The molecular formula is C61H46N2. The van der Waals surface area contributed by atoms with Crippen molar-refractivity contribution in [1.29, 1.82) is 0 Å². The van der Waals surface area contributed by atoms with Crippen molar-refractivity contribution in [2.24, 2.45) is 10.7 Å². The van der Waals surface area contributed by atoms with E-state index in [0.29, 0.717) is 12.3 Å². The first kappa shape index (κ1) is 38.1. The highest BCUT2D eigenvalue weighted by Gasteiger charge is 2.38. The van der Waals surface area contributed by atoms with E-state index >= 15 is 0 Å². The van der Waals surface area contributed by atoms with Crippen molar-refractivity contribution in [3.63, 3.8) is 0 Å². The summed E-state index contributed by atoms with van der Waals surface area (Å²) >= 11 is 0. The van der Waals surface area contributed by atoms with Gasteiger partial charge in [-0.3, -0.25) is 0 Å². The summed E-state index contributed by atoms with van der Waals surface area (Å²) in [4.78, 5) is 5.21. The maximum absolute atomic E-state index is 6.82. The lowest BCUT2D eigenvalue weighted by molar-refractivity contribution is 0.666. The molecule has 2 heteroatoms. The van der Waals surface area contributed by atoms with E-state index in [9.17, 15) is 0 Å². The van der Waals surface area contributed by atoms with Crippen LogP contribution in [0, 0.1) is 0 Å². The van der Waals surface area contributed by atoms with Gasteiger partial charge in [0.1, 0.15) is 5.84 Å². The average Bonchev–Trinajstić information content (AvgIpc) is 3.59. The van der Waals surface area contributed by atoms with Crippen LogP contribution in [0.25, 0.3) is 82.5 Å². The van der Waals surface area contributed by atoms with Gasteiger partial charge >= 0.3 is 0 Å². The molecule has 0 saturated heterocycles. The van der Waals surface area contributed by atoms with Gasteiger partial charge in [-0.05, 0) is 99.9 Å². The second kappa shape index (κ2) is 15.6. The van der Waals surface area contributed by atoms with E-state index in [-0.39, 0.29) is 5.41 Å². The third kappa shape index (κ3) is 6.54. The number of fused-ring (bicyclic) bond motifs is 7. The van der Waals surface area contributed by atoms with Gasteiger partial charge in [0.15, 0.2) is 0 Å². The number of hydrogen-bond acceptors (Lipinski definition) is 1. The number of nitrogens with zero attached hydrogens (tertiary/aromatic N) is 1. The van der Waals surface area contributed by atoms with Gasteiger partial charge in [-0.25, -0.2) is 4.99 Å². The van der Waals surface area contributed by atoms with E-state index < -0.39 is 0 Å². The van der Waals surface area contributed by atoms with E-state index in [4.69, 9.17) is 10.7 Å². The van der Waals surface area contributed by atoms with E-state index in [0.717, 1.165) is 22.2 Å². The Morgan fingerprint density at radius 2 is 1.00 bits per heavy atom. The molecule has 0 atom stereocenters. The topological polar surface area (TPSA) is 38.4 Å². The Balaban J connectivity index is 1.06. The van der Waals surface area contributed by atoms with Gasteiger partial charge in [0.25, 0.3) is 0 Å². The van der Waals surface area contributed by atoms with Gasteiger partial charge in [0.2, 0.25) is 0 Å². The van der Waals surface area contributed by atoms with Crippen molar-refractivity contribution in [1.82, 2.24) is 0 Å². The molecule has 0 spiro atoms. The van der Waals surface area contributed by atoms with Gasteiger partial charge in [-0.15, -0.1) is 0 Å². The second-order valence-corrected chi connectivity index (χ2v) is 17.2. The Morgan fingerprint density at radius 1 is 0.460 bits per heavy atom. The van der Waals surface area contributed by atoms with Crippen molar-refractivity contribution < 1.29 is 0 Å². The molecule has 0 heterocycles. The van der Waals surface area contributed by atoms with E-state index in [1.165, 1.54) is 88.1 Å². The fourth-order valence-electron chi connectivity index (χ4n) is 10.2. The molecule has 0 radical (unpaired) electrons. The van der Waals surface area contributed by atoms with Crippen LogP contribution in [-0.2, 0) is 11.8 Å². The summed E-state index contributed by atoms with van der Waals surface area (Å²) in [6, 6.07) is 76.5. The minimum absolute atomic E-state index is 0.133. The molecular weight excluding hydrogens is 761 g/mol. The Hall–Kier alpha value is -7.81. The Bertz CT molecular complexity index is 3450. The first-order chi connectivity index (χ1) is 31.0. The van der Waals surface area contributed by atoms with Crippen LogP contribution in [0.5, 0.6) is 0 Å². The SMILES string of the molecule is CC1(C)c2cccc(-c3ccc(-c4ccc(/C(=C/Cc5ccccc5-c5ccccc5)N=C(N)c5ccccc5)c5ccccc45)c4ccccc34)c2-c2ccc3ccccc3c21. The third-order valence-corrected chi connectivity index (χ3v) is 13.2. The van der Waals surface area contributed by atoms with Crippen molar-refractivity contribution >= 4 is 43.9 Å². The van der Waals surface area contributed by atoms with Crippen LogP contribution in [0.4, 0.5) is 0 Å². The minimum Gasteiger partial charge on any atom is -0.383 e. The molecule has 2 nitrogen and oxygen atoms in total. The summed E-state index contributed by atoms with van der Waals surface area (Å²) in [5.41, 5.74) is 23.5. The highest BCUT2D eigenvalue weighted by molar-refractivity contribution is 6.13. The molecule has 1 aliphatic rings. The van der Waals surface area contributed by atoms with E-state index in [2.05, 4.69) is 202 Å². The number of allylic oxidation sites excluding steroid dienone is 1. The molecule has 0 amide bonds. The maximum atomic E-state index is 6.82. The number of rotatable bonds is 8. The van der Waals surface area contributed by atoms with Gasteiger partial charge in [0.05, 0.1) is 5.70 Å². The average molecular weight is 807 g/mol. The second-order valence-electron chi connectivity index (χ2n) is 17.2. The fraction of sp³-hybridized carbons (Fsp3) is 0.0656. The summed E-state index contributed by atoms with van der Waals surface area (Å²) in [5, 5.41) is 7.38. The molecule has 0 saturated carbocycles. The van der Waals surface area contributed by atoms with Gasteiger partial charge in [-0.2, -0.15) is 0 Å². The highest BCUT2D eigenvalue weighted by Crippen LogP contribution is 2.55. The molecule has 0 bridgehead atoms. The fourth-order valence-corrected chi connectivity index (χ4v) is 10.2. The molecule has 0 aromatic heterocycles. The van der Waals surface area contributed by atoms with Crippen LogP contribution in [-0.4, -0.2) is 5.84 Å². The summed E-state index contributed by atoms with van der Waals surface area (Å²) < 4.78 is 0. The number of hydrogen-bond donors (Lipinski definition) is 1. The molecule has 10 aromatic rings. The standard InChI is InChI=1S/C61H46N2/c1-61(2)56-31-17-30-54(58(56)55-34-32-42-21-10-12-25-45(42)59(55)61)52-36-35-50(46-26-13-14-27-47(46)52)51-37-38-53(49-29-16-15-28-48(49)51)57(63-60(62)43-22-7-4-8-23-43)39-33-41-20-9-11-24-44(41)40-18-5-3-6-19-40/h3-32,34-39H,33H2,1-2H3,(H2,62,63)/b57-39-. The number of aliphatic imine (C=N–C) groups is 1. The van der Waals surface area contributed by atoms with Crippen molar-refractivity contribution in [3.05, 3.63) is 246 Å². The van der Waals surface area contributed by atoms with Crippen LogP contribution in [0.15, 0.2) is 223 Å². The monoisotopic (exact) mass is 806 g/mol. The molecule has 10 aromatic carbocycles. The zero-order chi connectivity index (χ0) is 42.5. The lowest BCUT2D eigenvalue weighted by Crippen LogP contribution is -2.15. The number of benzene rings is 10. The van der Waals surface area contributed by atoms with Crippen LogP contribution in [0.2, 0.25) is 0 Å². The van der Waals surface area contributed by atoms with Crippen LogP contribution >= 0.6 is 0 Å². The summed E-state index contributed by atoms with van der Waals surface area (Å²) in [6.07, 6.45) is 2.93. The third-order valence-electron chi connectivity index (χ3n) is 13.2. The van der Waals surface area contributed by atoms with Gasteiger partial charge in [0, 0.05) is 16.5 Å².